The van der Waals surface area contributed by atoms with Gasteiger partial charge in [-0.25, -0.2) is 0 Å². The van der Waals surface area contributed by atoms with Crippen LogP contribution in [0.5, 0.6) is 11.5 Å². The lowest BCUT2D eigenvalue weighted by Crippen LogP contribution is -2.31. The lowest BCUT2D eigenvalue weighted by Gasteiger charge is -2.20. The molecule has 2 aliphatic rings. The third-order valence-corrected chi connectivity index (χ3v) is 4.75. The molecule has 1 aliphatic carbocycles. The molecule has 0 aromatic heterocycles. The molecule has 3 unspecified atom stereocenters. The number of rotatable bonds is 3. The summed E-state index contributed by atoms with van der Waals surface area (Å²) in [6.07, 6.45) is 1.61. The molecular weight excluding hydrogens is 270 g/mol. The number of methoxy groups -OCH3 is 2. The van der Waals surface area contributed by atoms with Crippen LogP contribution in [0.15, 0.2) is 18.2 Å². The maximum Gasteiger partial charge on any atom is 0.257 e. The molecule has 3 rings (SSSR count). The summed E-state index contributed by atoms with van der Waals surface area (Å²) >= 11 is 0. The molecule has 1 aromatic rings. The van der Waals surface area contributed by atoms with Crippen molar-refractivity contribution in [1.29, 1.82) is 0 Å². The number of carbonyl (C=O) groups excluding carboxylic acids is 1. The monoisotopic (exact) mass is 291 g/mol. The van der Waals surface area contributed by atoms with E-state index in [0.717, 1.165) is 19.4 Å². The average molecular weight is 291 g/mol. The van der Waals surface area contributed by atoms with E-state index in [2.05, 4.69) is 0 Å². The summed E-state index contributed by atoms with van der Waals surface area (Å²) in [4.78, 5) is 14.5. The van der Waals surface area contributed by atoms with E-state index in [0.29, 0.717) is 29.5 Å². The Labute approximate surface area is 124 Å². The van der Waals surface area contributed by atoms with Gasteiger partial charge < -0.3 is 19.5 Å². The Morgan fingerprint density at radius 3 is 2.71 bits per heavy atom. The number of benzene rings is 1. The molecule has 5 nitrogen and oxygen atoms in total. The molecule has 1 aliphatic heterocycles. The van der Waals surface area contributed by atoms with Gasteiger partial charge in [-0.05, 0) is 30.9 Å². The fourth-order valence-electron chi connectivity index (χ4n) is 3.55. The van der Waals surface area contributed by atoms with Crippen LogP contribution in [0.1, 0.15) is 23.2 Å². The number of hydrogen-bond donors (Lipinski definition) is 1. The molecule has 3 atom stereocenters. The Morgan fingerprint density at radius 1 is 1.24 bits per heavy atom. The minimum atomic E-state index is -0.259. The van der Waals surface area contributed by atoms with Crippen molar-refractivity contribution in [2.24, 2.45) is 11.8 Å². The predicted molar refractivity (Wildman–Crippen MR) is 77.7 cm³/mol. The Morgan fingerprint density at radius 2 is 2.05 bits per heavy atom. The van der Waals surface area contributed by atoms with E-state index in [1.807, 2.05) is 4.90 Å². The average Bonchev–Trinajstić information content (AvgIpc) is 3.08. The van der Waals surface area contributed by atoms with Crippen molar-refractivity contribution in [2.75, 3.05) is 27.3 Å². The summed E-state index contributed by atoms with van der Waals surface area (Å²) in [7, 11) is 3.13. The quantitative estimate of drug-likeness (QED) is 0.918. The second kappa shape index (κ2) is 5.56. The molecule has 1 aromatic carbocycles. The van der Waals surface area contributed by atoms with Gasteiger partial charge in [-0.1, -0.05) is 0 Å². The van der Waals surface area contributed by atoms with E-state index in [9.17, 15) is 9.90 Å². The fourth-order valence-corrected chi connectivity index (χ4v) is 3.55. The van der Waals surface area contributed by atoms with Crippen LogP contribution in [0.3, 0.4) is 0 Å². The van der Waals surface area contributed by atoms with Gasteiger partial charge >= 0.3 is 0 Å². The van der Waals surface area contributed by atoms with Gasteiger partial charge in [-0.2, -0.15) is 0 Å². The molecule has 114 valence electrons. The van der Waals surface area contributed by atoms with Gasteiger partial charge in [0, 0.05) is 25.1 Å². The maximum absolute atomic E-state index is 12.7. The Hall–Kier alpha value is -1.75. The van der Waals surface area contributed by atoms with E-state index in [1.165, 1.54) is 0 Å². The van der Waals surface area contributed by atoms with E-state index in [1.54, 1.807) is 32.4 Å². The highest BCUT2D eigenvalue weighted by Gasteiger charge is 2.43. The van der Waals surface area contributed by atoms with Crippen LogP contribution < -0.4 is 9.47 Å². The molecule has 5 heteroatoms. The molecule has 1 saturated carbocycles. The van der Waals surface area contributed by atoms with Crippen LogP contribution in [0.25, 0.3) is 0 Å². The first-order valence-corrected chi connectivity index (χ1v) is 7.33. The zero-order valence-corrected chi connectivity index (χ0v) is 12.4. The van der Waals surface area contributed by atoms with Crippen LogP contribution >= 0.6 is 0 Å². The van der Waals surface area contributed by atoms with Gasteiger partial charge in [-0.3, -0.25) is 4.79 Å². The molecule has 0 radical (unpaired) electrons. The highest BCUT2D eigenvalue weighted by atomic mass is 16.5. The van der Waals surface area contributed by atoms with Gasteiger partial charge in [-0.15, -0.1) is 0 Å². The highest BCUT2D eigenvalue weighted by molar-refractivity contribution is 5.97. The molecule has 0 spiro atoms. The Bertz CT molecular complexity index is 545. The zero-order valence-electron chi connectivity index (χ0n) is 12.4. The van der Waals surface area contributed by atoms with Crippen LogP contribution in [-0.4, -0.2) is 49.3 Å². The zero-order chi connectivity index (χ0) is 15.0. The van der Waals surface area contributed by atoms with Crippen molar-refractivity contribution < 1.29 is 19.4 Å². The van der Waals surface area contributed by atoms with Gasteiger partial charge in [0.15, 0.2) is 0 Å². The SMILES string of the molecule is COc1ccc(C(=O)N2CC3CCC(O)C3C2)c(OC)c1. The molecule has 1 N–H and O–H groups in total. The van der Waals surface area contributed by atoms with Crippen LogP contribution in [-0.2, 0) is 0 Å². The number of aliphatic hydroxyl groups excluding tert-OH is 1. The first kappa shape index (κ1) is 14.2. The van der Waals surface area contributed by atoms with Gasteiger partial charge in [0.05, 0.1) is 25.9 Å². The summed E-state index contributed by atoms with van der Waals surface area (Å²) in [5.74, 6) is 1.83. The standard InChI is InChI=1S/C16H21NO4/c1-20-11-4-5-12(15(7-11)21-2)16(19)17-8-10-3-6-14(18)13(10)9-17/h4-5,7,10,13-14,18H,3,6,8-9H2,1-2H3. The minimum absolute atomic E-state index is 0.0314. The molecular formula is C16H21NO4. The summed E-state index contributed by atoms with van der Waals surface area (Å²) in [6.45, 7) is 1.37. The van der Waals surface area contributed by atoms with E-state index in [-0.39, 0.29) is 17.9 Å². The van der Waals surface area contributed by atoms with Crippen molar-refractivity contribution >= 4 is 5.91 Å². The third kappa shape index (κ3) is 2.46. The Balaban J connectivity index is 1.80. The van der Waals surface area contributed by atoms with Crippen LogP contribution in [0.4, 0.5) is 0 Å². The van der Waals surface area contributed by atoms with Gasteiger partial charge in [0.2, 0.25) is 0 Å². The van der Waals surface area contributed by atoms with Crippen LogP contribution in [0, 0.1) is 11.8 Å². The third-order valence-electron chi connectivity index (χ3n) is 4.75. The highest BCUT2D eigenvalue weighted by Crippen LogP contribution is 2.39. The first-order chi connectivity index (χ1) is 10.1. The Kier molecular flexibility index (Phi) is 3.76. The minimum Gasteiger partial charge on any atom is -0.497 e. The second-order valence-electron chi connectivity index (χ2n) is 5.84. The number of likely N-dealkylation sites (tertiary alicyclic amines) is 1. The fraction of sp³-hybridized carbons (Fsp3) is 0.562. The summed E-state index contributed by atoms with van der Waals surface area (Å²) in [6, 6.07) is 5.23. The van der Waals surface area contributed by atoms with E-state index < -0.39 is 0 Å². The number of ether oxygens (including phenoxy) is 2. The molecule has 21 heavy (non-hydrogen) atoms. The number of fused-ring (bicyclic) bond motifs is 1. The van der Waals surface area contributed by atoms with Crippen molar-refractivity contribution in [3.05, 3.63) is 23.8 Å². The lowest BCUT2D eigenvalue weighted by atomic mass is 10.00. The summed E-state index contributed by atoms with van der Waals surface area (Å²) < 4.78 is 10.5. The van der Waals surface area contributed by atoms with Crippen molar-refractivity contribution in [3.8, 4) is 11.5 Å². The number of aliphatic hydroxyl groups is 1. The van der Waals surface area contributed by atoms with Gasteiger partial charge in [0.1, 0.15) is 11.5 Å². The largest absolute Gasteiger partial charge is 0.497 e. The van der Waals surface area contributed by atoms with E-state index in [4.69, 9.17) is 9.47 Å². The molecule has 1 amide bonds. The predicted octanol–water partition coefficient (Wildman–Crippen LogP) is 1.55. The number of hydrogen-bond acceptors (Lipinski definition) is 4. The van der Waals surface area contributed by atoms with Crippen molar-refractivity contribution in [2.45, 2.75) is 18.9 Å². The molecule has 1 saturated heterocycles. The van der Waals surface area contributed by atoms with Gasteiger partial charge in [0.25, 0.3) is 5.91 Å². The molecule has 0 bridgehead atoms. The topological polar surface area (TPSA) is 59.0 Å². The first-order valence-electron chi connectivity index (χ1n) is 7.33. The number of nitrogens with zero attached hydrogens (tertiary/aromatic N) is 1. The van der Waals surface area contributed by atoms with E-state index >= 15 is 0 Å². The summed E-state index contributed by atoms with van der Waals surface area (Å²) in [5.41, 5.74) is 0.549. The summed E-state index contributed by atoms with van der Waals surface area (Å²) in [5, 5.41) is 9.96. The maximum atomic E-state index is 12.7. The lowest BCUT2D eigenvalue weighted by molar-refractivity contribution is 0.0749. The smallest absolute Gasteiger partial charge is 0.257 e. The molecule has 1 heterocycles. The normalized spacial score (nSPS) is 27.6. The van der Waals surface area contributed by atoms with Crippen molar-refractivity contribution in [3.63, 3.8) is 0 Å². The number of carbonyl (C=O) groups is 1. The van der Waals surface area contributed by atoms with Crippen LogP contribution in [0.2, 0.25) is 0 Å². The molecule has 2 fully saturated rings. The second-order valence-corrected chi connectivity index (χ2v) is 5.84. The number of amides is 1. The van der Waals surface area contributed by atoms with Crippen molar-refractivity contribution in [1.82, 2.24) is 4.90 Å².